The van der Waals surface area contributed by atoms with Crippen molar-refractivity contribution in [3.05, 3.63) is 95.6 Å². The zero-order valence-electron chi connectivity index (χ0n) is 17.5. The molecule has 0 aromatic heterocycles. The van der Waals surface area contributed by atoms with E-state index < -0.39 is 5.60 Å². The highest BCUT2D eigenvalue weighted by atomic mass is 16.6. The number of phenols is 1. The lowest BCUT2D eigenvalue weighted by molar-refractivity contribution is -0.0586. The summed E-state index contributed by atoms with van der Waals surface area (Å²) in [6.07, 6.45) is 2.37. The summed E-state index contributed by atoms with van der Waals surface area (Å²) in [5.74, 6) is 1.02. The molecule has 4 heteroatoms. The highest BCUT2D eigenvalue weighted by molar-refractivity contribution is 5.49. The van der Waals surface area contributed by atoms with E-state index in [1.807, 2.05) is 54.6 Å². The first kappa shape index (κ1) is 20.5. The van der Waals surface area contributed by atoms with Gasteiger partial charge in [0.15, 0.2) is 0 Å². The number of benzene rings is 3. The summed E-state index contributed by atoms with van der Waals surface area (Å²) < 4.78 is 18.2. The van der Waals surface area contributed by atoms with Gasteiger partial charge in [0.05, 0.1) is 25.9 Å². The van der Waals surface area contributed by atoms with Crippen molar-refractivity contribution < 1.29 is 19.3 Å². The van der Waals surface area contributed by atoms with Gasteiger partial charge in [-0.15, -0.1) is 0 Å². The molecule has 4 nitrogen and oxygen atoms in total. The van der Waals surface area contributed by atoms with E-state index in [0.29, 0.717) is 6.61 Å². The van der Waals surface area contributed by atoms with Crippen molar-refractivity contribution in [3.63, 3.8) is 0 Å². The van der Waals surface area contributed by atoms with Crippen LogP contribution in [0.3, 0.4) is 0 Å². The molecular weight excluding hydrogens is 376 g/mol. The van der Waals surface area contributed by atoms with Gasteiger partial charge in [0.25, 0.3) is 0 Å². The molecule has 0 amide bonds. The summed E-state index contributed by atoms with van der Waals surface area (Å²) in [7, 11) is 1.66. The van der Waals surface area contributed by atoms with Gasteiger partial charge in [-0.3, -0.25) is 0 Å². The van der Waals surface area contributed by atoms with Crippen molar-refractivity contribution in [1.29, 1.82) is 0 Å². The Hall–Kier alpha value is -2.82. The van der Waals surface area contributed by atoms with Crippen LogP contribution in [-0.4, -0.2) is 31.0 Å². The van der Waals surface area contributed by atoms with E-state index >= 15 is 0 Å². The first-order chi connectivity index (χ1) is 14.6. The predicted octanol–water partition coefficient (Wildman–Crippen LogP) is 5.28. The number of hydrogen-bond donors (Lipinski definition) is 1. The van der Waals surface area contributed by atoms with Crippen LogP contribution in [0.15, 0.2) is 78.9 Å². The van der Waals surface area contributed by atoms with E-state index in [2.05, 4.69) is 19.1 Å². The van der Waals surface area contributed by atoms with Gasteiger partial charge >= 0.3 is 0 Å². The van der Waals surface area contributed by atoms with Crippen LogP contribution in [0, 0.1) is 0 Å². The lowest BCUT2D eigenvalue weighted by Gasteiger charge is -2.36. The molecule has 0 aliphatic carbocycles. The van der Waals surface area contributed by atoms with E-state index in [1.165, 1.54) is 0 Å². The molecule has 30 heavy (non-hydrogen) atoms. The van der Waals surface area contributed by atoms with Crippen molar-refractivity contribution >= 4 is 0 Å². The molecule has 0 bridgehead atoms. The molecule has 1 N–H and O–H groups in total. The van der Waals surface area contributed by atoms with Crippen LogP contribution in [0.1, 0.15) is 36.5 Å². The minimum atomic E-state index is -0.837. The lowest BCUT2D eigenvalue weighted by atomic mass is 9.80. The normalized spacial score (nSPS) is 20.6. The molecule has 4 rings (SSSR count). The smallest absolute Gasteiger partial charge is 0.143 e. The maximum Gasteiger partial charge on any atom is 0.143 e. The second-order valence-corrected chi connectivity index (χ2v) is 7.78. The molecule has 1 heterocycles. The van der Waals surface area contributed by atoms with Crippen LogP contribution in [0.2, 0.25) is 0 Å². The van der Waals surface area contributed by atoms with Crippen LogP contribution in [0.5, 0.6) is 11.5 Å². The zero-order chi connectivity index (χ0) is 21.0. The molecule has 0 saturated carbocycles. The lowest BCUT2D eigenvalue weighted by Crippen LogP contribution is -2.35. The topological polar surface area (TPSA) is 47.9 Å². The Morgan fingerprint density at radius 2 is 1.47 bits per heavy atom. The Kier molecular flexibility index (Phi) is 6.07. The summed E-state index contributed by atoms with van der Waals surface area (Å²) in [5, 5.41) is 9.89. The van der Waals surface area contributed by atoms with E-state index in [-0.39, 0.29) is 18.0 Å². The zero-order valence-corrected chi connectivity index (χ0v) is 17.5. The van der Waals surface area contributed by atoms with Crippen LogP contribution in [0.4, 0.5) is 0 Å². The van der Waals surface area contributed by atoms with Gasteiger partial charge < -0.3 is 19.3 Å². The standard InChI is InChI=1S/C26H28O4/c1-19-8-15-25(30-19)18-29-26(20-6-4-3-5-7-20,21-9-13-23(27)14-10-21)22-11-16-24(28-2)17-12-22/h3-7,9-14,16-17,19,25,27H,8,15,18H2,1-2H3. The Morgan fingerprint density at radius 3 is 2.03 bits per heavy atom. The molecule has 3 aromatic carbocycles. The maximum absolute atomic E-state index is 9.89. The Balaban J connectivity index is 1.83. The molecule has 1 aliphatic rings. The molecule has 3 atom stereocenters. The first-order valence-corrected chi connectivity index (χ1v) is 10.4. The van der Waals surface area contributed by atoms with Gasteiger partial charge in [0.2, 0.25) is 0 Å². The summed E-state index contributed by atoms with van der Waals surface area (Å²) in [6.45, 7) is 2.58. The van der Waals surface area contributed by atoms with E-state index in [1.54, 1.807) is 19.2 Å². The molecule has 156 valence electrons. The van der Waals surface area contributed by atoms with Crippen LogP contribution < -0.4 is 4.74 Å². The molecular formula is C26H28O4. The van der Waals surface area contributed by atoms with E-state index in [9.17, 15) is 5.11 Å². The number of aromatic hydroxyl groups is 1. The third-order valence-corrected chi connectivity index (χ3v) is 5.76. The fourth-order valence-corrected chi connectivity index (χ4v) is 4.17. The molecule has 1 saturated heterocycles. The van der Waals surface area contributed by atoms with Gasteiger partial charge in [0.1, 0.15) is 17.1 Å². The molecule has 3 unspecified atom stereocenters. The van der Waals surface area contributed by atoms with Gasteiger partial charge in [-0.05, 0) is 60.7 Å². The molecule has 1 fully saturated rings. The average molecular weight is 405 g/mol. The molecule has 3 aromatic rings. The first-order valence-electron chi connectivity index (χ1n) is 10.4. The minimum Gasteiger partial charge on any atom is -0.508 e. The van der Waals surface area contributed by atoms with Crippen molar-refractivity contribution in [3.8, 4) is 11.5 Å². The van der Waals surface area contributed by atoms with E-state index in [0.717, 1.165) is 35.3 Å². The Bertz CT molecular complexity index is 937. The summed E-state index contributed by atoms with van der Waals surface area (Å²) in [5.41, 5.74) is 2.12. The molecule has 0 radical (unpaired) electrons. The van der Waals surface area contributed by atoms with Crippen molar-refractivity contribution in [2.75, 3.05) is 13.7 Å². The monoisotopic (exact) mass is 404 g/mol. The van der Waals surface area contributed by atoms with Crippen molar-refractivity contribution in [1.82, 2.24) is 0 Å². The highest BCUT2D eigenvalue weighted by Crippen LogP contribution is 2.42. The highest BCUT2D eigenvalue weighted by Gasteiger charge is 2.39. The Labute approximate surface area is 178 Å². The van der Waals surface area contributed by atoms with Crippen LogP contribution in [-0.2, 0) is 15.1 Å². The van der Waals surface area contributed by atoms with Gasteiger partial charge in [-0.1, -0.05) is 54.6 Å². The second kappa shape index (κ2) is 8.90. The molecule has 0 spiro atoms. The number of hydrogen-bond acceptors (Lipinski definition) is 4. The van der Waals surface area contributed by atoms with Gasteiger partial charge in [-0.2, -0.15) is 0 Å². The third-order valence-electron chi connectivity index (χ3n) is 5.76. The molecule has 1 aliphatic heterocycles. The SMILES string of the molecule is COc1ccc(C(OCC2CCC(C)O2)(c2ccccc2)c2ccc(O)cc2)cc1. The number of rotatable bonds is 7. The Morgan fingerprint density at radius 1 is 0.867 bits per heavy atom. The van der Waals surface area contributed by atoms with Gasteiger partial charge in [0, 0.05) is 0 Å². The largest absolute Gasteiger partial charge is 0.508 e. The van der Waals surface area contributed by atoms with E-state index in [4.69, 9.17) is 14.2 Å². The maximum atomic E-state index is 9.89. The van der Waals surface area contributed by atoms with Crippen LogP contribution >= 0.6 is 0 Å². The quantitative estimate of drug-likeness (QED) is 0.545. The average Bonchev–Trinajstić information content (AvgIpc) is 3.21. The number of ether oxygens (including phenoxy) is 3. The third kappa shape index (κ3) is 4.07. The fourth-order valence-electron chi connectivity index (χ4n) is 4.17. The second-order valence-electron chi connectivity index (χ2n) is 7.78. The fraction of sp³-hybridized carbons (Fsp3) is 0.308. The van der Waals surface area contributed by atoms with Crippen LogP contribution in [0.25, 0.3) is 0 Å². The summed E-state index contributed by atoms with van der Waals surface area (Å²) in [6, 6.07) is 25.4. The summed E-state index contributed by atoms with van der Waals surface area (Å²) in [4.78, 5) is 0. The van der Waals surface area contributed by atoms with Gasteiger partial charge in [-0.25, -0.2) is 0 Å². The number of methoxy groups -OCH3 is 1. The number of phenolic OH excluding ortho intramolecular Hbond substituents is 1. The van der Waals surface area contributed by atoms with Crippen molar-refractivity contribution in [2.45, 2.75) is 37.6 Å². The summed E-state index contributed by atoms with van der Waals surface area (Å²) >= 11 is 0. The predicted molar refractivity (Wildman–Crippen MR) is 117 cm³/mol. The van der Waals surface area contributed by atoms with Crippen molar-refractivity contribution in [2.24, 2.45) is 0 Å². The minimum absolute atomic E-state index is 0.0680.